The summed E-state index contributed by atoms with van der Waals surface area (Å²) in [4.78, 5) is 14.8. The third-order valence-electron chi connectivity index (χ3n) is 3.21. The number of thioether (sulfide) groups is 1. The fraction of sp³-hybridized carbons (Fsp3) is 0.846. The topological polar surface area (TPSA) is 46.3 Å². The molecule has 0 aliphatic rings. The SMILES string of the molecule is CCCC(CCC)(C(=O)N(C)CCSC)C(N)=S. The first-order valence-corrected chi connectivity index (χ1v) is 8.30. The van der Waals surface area contributed by atoms with Gasteiger partial charge in [-0.1, -0.05) is 38.9 Å². The second-order valence-electron chi connectivity index (χ2n) is 4.67. The zero-order chi connectivity index (χ0) is 14.2. The Bertz CT molecular complexity index is 276. The van der Waals surface area contributed by atoms with Gasteiger partial charge in [-0.25, -0.2) is 0 Å². The van der Waals surface area contributed by atoms with E-state index in [1.807, 2.05) is 13.3 Å². The standard InChI is InChI=1S/C13H26N2OS2/c1-5-7-13(8-6-2,11(14)17)12(16)15(3)9-10-18-4/h5-10H2,1-4H3,(H2,14,17). The fourth-order valence-electron chi connectivity index (χ4n) is 2.24. The number of amides is 1. The van der Waals surface area contributed by atoms with Crippen molar-refractivity contribution >= 4 is 34.9 Å². The molecular weight excluding hydrogens is 264 g/mol. The van der Waals surface area contributed by atoms with Crippen molar-refractivity contribution in [2.45, 2.75) is 39.5 Å². The van der Waals surface area contributed by atoms with Crippen LogP contribution in [0.4, 0.5) is 0 Å². The average molecular weight is 290 g/mol. The Morgan fingerprint density at radius 2 is 1.83 bits per heavy atom. The van der Waals surface area contributed by atoms with E-state index in [0.29, 0.717) is 4.99 Å². The Morgan fingerprint density at radius 3 is 2.17 bits per heavy atom. The second-order valence-corrected chi connectivity index (χ2v) is 6.09. The van der Waals surface area contributed by atoms with E-state index in [2.05, 4.69) is 13.8 Å². The number of hydrogen-bond donors (Lipinski definition) is 1. The molecule has 3 nitrogen and oxygen atoms in total. The highest BCUT2D eigenvalue weighted by Gasteiger charge is 2.41. The molecule has 0 spiro atoms. The maximum atomic E-state index is 12.6. The van der Waals surface area contributed by atoms with Crippen LogP contribution in [0.15, 0.2) is 0 Å². The van der Waals surface area contributed by atoms with Gasteiger partial charge < -0.3 is 10.6 Å². The normalized spacial score (nSPS) is 11.3. The minimum Gasteiger partial charge on any atom is -0.392 e. The van der Waals surface area contributed by atoms with Gasteiger partial charge in [0.25, 0.3) is 0 Å². The molecule has 0 radical (unpaired) electrons. The van der Waals surface area contributed by atoms with Crippen LogP contribution in [0.2, 0.25) is 0 Å². The zero-order valence-electron chi connectivity index (χ0n) is 12.0. The van der Waals surface area contributed by atoms with E-state index in [-0.39, 0.29) is 5.91 Å². The number of nitrogens with zero attached hydrogens (tertiary/aromatic N) is 1. The lowest BCUT2D eigenvalue weighted by molar-refractivity contribution is -0.137. The molecule has 0 saturated heterocycles. The first kappa shape index (κ1) is 17.7. The quantitative estimate of drug-likeness (QED) is 0.663. The largest absolute Gasteiger partial charge is 0.392 e. The van der Waals surface area contributed by atoms with Gasteiger partial charge in [-0.3, -0.25) is 4.79 Å². The number of carbonyl (C=O) groups excluding carboxylic acids is 1. The molecular formula is C13H26N2OS2. The van der Waals surface area contributed by atoms with Crippen molar-refractivity contribution in [2.24, 2.45) is 11.1 Å². The Morgan fingerprint density at radius 1 is 1.33 bits per heavy atom. The first-order chi connectivity index (χ1) is 8.46. The molecule has 0 saturated carbocycles. The van der Waals surface area contributed by atoms with E-state index in [0.717, 1.165) is 38.0 Å². The van der Waals surface area contributed by atoms with Gasteiger partial charge in [0.15, 0.2) is 0 Å². The summed E-state index contributed by atoms with van der Waals surface area (Å²) in [6, 6.07) is 0. The Labute approximate surface area is 121 Å². The van der Waals surface area contributed by atoms with Crippen LogP contribution in [0, 0.1) is 5.41 Å². The summed E-state index contributed by atoms with van der Waals surface area (Å²) in [6.07, 6.45) is 5.37. The van der Waals surface area contributed by atoms with Gasteiger partial charge in [-0.2, -0.15) is 11.8 Å². The predicted octanol–water partition coefficient (Wildman–Crippen LogP) is 2.68. The molecule has 106 valence electrons. The van der Waals surface area contributed by atoms with Crippen LogP contribution in [0.25, 0.3) is 0 Å². The lowest BCUT2D eigenvalue weighted by atomic mass is 9.77. The van der Waals surface area contributed by atoms with Crippen molar-refractivity contribution in [3.8, 4) is 0 Å². The monoisotopic (exact) mass is 290 g/mol. The Kier molecular flexibility index (Phi) is 8.61. The molecule has 0 rings (SSSR count). The molecule has 0 aromatic heterocycles. The molecule has 1 amide bonds. The molecule has 0 unspecified atom stereocenters. The van der Waals surface area contributed by atoms with Crippen molar-refractivity contribution in [1.82, 2.24) is 4.90 Å². The lowest BCUT2D eigenvalue weighted by Crippen LogP contribution is -2.50. The third kappa shape index (κ3) is 4.43. The Balaban J connectivity index is 5.03. The van der Waals surface area contributed by atoms with E-state index in [9.17, 15) is 4.79 Å². The lowest BCUT2D eigenvalue weighted by Gasteiger charge is -2.35. The maximum absolute atomic E-state index is 12.6. The van der Waals surface area contributed by atoms with Crippen LogP contribution in [0.5, 0.6) is 0 Å². The highest BCUT2D eigenvalue weighted by molar-refractivity contribution is 7.98. The van der Waals surface area contributed by atoms with E-state index in [4.69, 9.17) is 18.0 Å². The molecule has 18 heavy (non-hydrogen) atoms. The van der Waals surface area contributed by atoms with Crippen LogP contribution in [-0.4, -0.2) is 41.4 Å². The molecule has 0 atom stereocenters. The van der Waals surface area contributed by atoms with Gasteiger partial charge >= 0.3 is 0 Å². The van der Waals surface area contributed by atoms with Crippen LogP contribution >= 0.6 is 24.0 Å². The summed E-state index contributed by atoms with van der Waals surface area (Å²) in [5.74, 6) is 1.03. The molecule has 0 bridgehead atoms. The molecule has 0 heterocycles. The van der Waals surface area contributed by atoms with E-state index in [1.54, 1.807) is 16.7 Å². The van der Waals surface area contributed by atoms with E-state index < -0.39 is 5.41 Å². The third-order valence-corrected chi connectivity index (χ3v) is 4.19. The number of hydrogen-bond acceptors (Lipinski definition) is 3. The number of rotatable bonds is 9. The molecule has 0 aliphatic heterocycles. The molecule has 0 aliphatic carbocycles. The van der Waals surface area contributed by atoms with Crippen molar-refractivity contribution in [1.29, 1.82) is 0 Å². The molecule has 0 fully saturated rings. The summed E-state index contributed by atoms with van der Waals surface area (Å²) in [6.45, 7) is 4.88. The highest BCUT2D eigenvalue weighted by atomic mass is 32.2. The van der Waals surface area contributed by atoms with E-state index >= 15 is 0 Å². The van der Waals surface area contributed by atoms with Crippen LogP contribution in [-0.2, 0) is 4.79 Å². The summed E-state index contributed by atoms with van der Waals surface area (Å²) in [7, 11) is 1.84. The van der Waals surface area contributed by atoms with Gasteiger partial charge in [0, 0.05) is 19.3 Å². The zero-order valence-corrected chi connectivity index (χ0v) is 13.6. The van der Waals surface area contributed by atoms with Crippen molar-refractivity contribution in [2.75, 3.05) is 25.6 Å². The second kappa shape index (κ2) is 8.75. The van der Waals surface area contributed by atoms with Crippen molar-refractivity contribution in [3.63, 3.8) is 0 Å². The van der Waals surface area contributed by atoms with Crippen LogP contribution < -0.4 is 5.73 Å². The number of carbonyl (C=O) groups is 1. The number of nitrogens with two attached hydrogens (primary N) is 1. The van der Waals surface area contributed by atoms with Crippen molar-refractivity contribution < 1.29 is 4.79 Å². The van der Waals surface area contributed by atoms with E-state index in [1.165, 1.54) is 0 Å². The minimum absolute atomic E-state index is 0.0905. The van der Waals surface area contributed by atoms with Gasteiger partial charge in [-0.05, 0) is 19.1 Å². The first-order valence-electron chi connectivity index (χ1n) is 6.50. The van der Waals surface area contributed by atoms with Crippen LogP contribution in [0.3, 0.4) is 0 Å². The molecule has 0 aromatic carbocycles. The molecule has 5 heteroatoms. The summed E-state index contributed by atoms with van der Waals surface area (Å²) in [5.41, 5.74) is 5.26. The van der Waals surface area contributed by atoms with Gasteiger partial charge in [0.05, 0.1) is 10.4 Å². The average Bonchev–Trinajstić information content (AvgIpc) is 2.34. The van der Waals surface area contributed by atoms with Gasteiger partial charge in [-0.15, -0.1) is 0 Å². The Hall–Kier alpha value is -0.290. The van der Waals surface area contributed by atoms with Crippen molar-refractivity contribution in [3.05, 3.63) is 0 Å². The van der Waals surface area contributed by atoms with Gasteiger partial charge in [0.2, 0.25) is 5.91 Å². The number of thiocarbonyl (C=S) groups is 1. The summed E-state index contributed by atoms with van der Waals surface area (Å²) in [5, 5.41) is 0. The maximum Gasteiger partial charge on any atom is 0.235 e. The highest BCUT2D eigenvalue weighted by Crippen LogP contribution is 2.32. The summed E-state index contributed by atoms with van der Waals surface area (Å²) < 4.78 is 0. The smallest absolute Gasteiger partial charge is 0.235 e. The fourth-order valence-corrected chi connectivity index (χ4v) is 2.99. The molecule has 0 aromatic rings. The van der Waals surface area contributed by atoms with Gasteiger partial charge in [0.1, 0.15) is 0 Å². The summed E-state index contributed by atoms with van der Waals surface area (Å²) >= 11 is 6.93. The predicted molar refractivity (Wildman–Crippen MR) is 85.1 cm³/mol. The minimum atomic E-state index is -0.633. The molecule has 2 N–H and O–H groups in total. The van der Waals surface area contributed by atoms with Crippen LogP contribution in [0.1, 0.15) is 39.5 Å².